The standard InChI is InChI=1S/C38H57NO5/c1-28-21-22-38(42)32-26-31-20-19-30(34-33(31)37(38,35(28)44-34)23-24-39(32)27-29-17-18-29)16-14-12-10-8-6-4-2-3-5-7-9-11-13-15-25-43-36(40)41/h19-20,29,32,35,42H,1-18,21-27H2,(H,40,41)/t32?,35-,37-,38+/m0/s1. The fourth-order valence-electron chi connectivity index (χ4n) is 9.36. The SMILES string of the molecule is C=C1CC[C@@]2(O)C3Cc4ccc(CCCCCCCCCCCCCCCCOC(=O)O)c5c4[C@@]2(CCN3CC2CC2)[C@H]1O5. The minimum absolute atomic E-state index is 0.0624. The van der Waals surface area contributed by atoms with E-state index in [4.69, 9.17) is 9.84 Å². The maximum atomic E-state index is 12.6. The lowest BCUT2D eigenvalue weighted by atomic mass is 9.48. The van der Waals surface area contributed by atoms with Gasteiger partial charge in [0.05, 0.1) is 17.6 Å². The van der Waals surface area contributed by atoms with Gasteiger partial charge in [-0.1, -0.05) is 95.8 Å². The topological polar surface area (TPSA) is 79.2 Å². The number of hydrogen-bond acceptors (Lipinski definition) is 5. The van der Waals surface area contributed by atoms with Crippen molar-refractivity contribution in [2.24, 2.45) is 5.92 Å². The highest BCUT2D eigenvalue weighted by atomic mass is 16.7. The Hall–Kier alpha value is -2.05. The van der Waals surface area contributed by atoms with Gasteiger partial charge in [-0.3, -0.25) is 4.90 Å². The highest BCUT2D eigenvalue weighted by Crippen LogP contribution is 2.65. The van der Waals surface area contributed by atoms with E-state index in [1.165, 1.54) is 112 Å². The first-order chi connectivity index (χ1) is 21.4. The number of benzene rings is 1. The highest BCUT2D eigenvalue weighted by Gasteiger charge is 2.71. The van der Waals surface area contributed by atoms with Crippen molar-refractivity contribution in [2.75, 3.05) is 19.7 Å². The zero-order valence-corrected chi connectivity index (χ0v) is 27.1. The summed E-state index contributed by atoms with van der Waals surface area (Å²) in [5, 5.41) is 21.1. The zero-order chi connectivity index (χ0) is 30.6. The number of nitrogens with zero attached hydrogens (tertiary/aromatic N) is 1. The second-order valence-corrected chi connectivity index (χ2v) is 14.9. The summed E-state index contributed by atoms with van der Waals surface area (Å²) in [4.78, 5) is 13.0. The first-order valence-electron chi connectivity index (χ1n) is 18.3. The molecular weight excluding hydrogens is 550 g/mol. The van der Waals surface area contributed by atoms with Gasteiger partial charge >= 0.3 is 6.16 Å². The number of carboxylic acid groups (broad SMARTS) is 1. The third kappa shape index (κ3) is 6.45. The maximum absolute atomic E-state index is 12.6. The van der Waals surface area contributed by atoms with Gasteiger partial charge in [-0.2, -0.15) is 0 Å². The first-order valence-corrected chi connectivity index (χ1v) is 18.3. The van der Waals surface area contributed by atoms with E-state index >= 15 is 0 Å². The molecule has 2 N–H and O–H groups in total. The lowest BCUT2D eigenvalue weighted by Crippen LogP contribution is -2.75. The molecule has 44 heavy (non-hydrogen) atoms. The quantitative estimate of drug-likeness (QED) is 0.0933. The van der Waals surface area contributed by atoms with Crippen molar-refractivity contribution in [1.82, 2.24) is 4.90 Å². The van der Waals surface area contributed by atoms with Gasteiger partial charge in [0.1, 0.15) is 11.9 Å². The van der Waals surface area contributed by atoms with Gasteiger partial charge in [0.2, 0.25) is 0 Å². The van der Waals surface area contributed by atoms with Crippen LogP contribution in [0.4, 0.5) is 4.79 Å². The number of piperidine rings is 1. The molecule has 1 spiro atoms. The number of aryl methyl sites for hydroxylation is 1. The third-order valence-electron chi connectivity index (χ3n) is 11.9. The summed E-state index contributed by atoms with van der Waals surface area (Å²) in [6.07, 6.45) is 23.7. The number of ether oxygens (including phenoxy) is 2. The average molecular weight is 608 g/mol. The van der Waals surface area contributed by atoms with Crippen LogP contribution in [-0.4, -0.2) is 58.7 Å². The molecule has 5 aliphatic rings. The number of carbonyl (C=O) groups is 1. The average Bonchev–Trinajstić information content (AvgIpc) is 3.75. The van der Waals surface area contributed by atoms with Crippen LogP contribution in [0.2, 0.25) is 0 Å². The van der Waals surface area contributed by atoms with Gasteiger partial charge in [-0.25, -0.2) is 4.79 Å². The number of likely N-dealkylation sites (tertiary alicyclic amines) is 1. The third-order valence-corrected chi connectivity index (χ3v) is 11.9. The molecule has 3 fully saturated rings. The minimum atomic E-state index is -1.16. The summed E-state index contributed by atoms with van der Waals surface area (Å²) >= 11 is 0. The molecule has 6 nitrogen and oxygen atoms in total. The number of hydrogen-bond donors (Lipinski definition) is 2. The van der Waals surface area contributed by atoms with Crippen LogP contribution in [0.5, 0.6) is 5.75 Å². The zero-order valence-electron chi connectivity index (χ0n) is 27.1. The summed E-state index contributed by atoms with van der Waals surface area (Å²) < 4.78 is 11.4. The van der Waals surface area contributed by atoms with Crippen LogP contribution in [0, 0.1) is 5.92 Å². The van der Waals surface area contributed by atoms with E-state index in [0.717, 1.165) is 69.7 Å². The van der Waals surface area contributed by atoms with Gasteiger partial charge in [0.15, 0.2) is 0 Å². The van der Waals surface area contributed by atoms with E-state index in [0.29, 0.717) is 6.61 Å². The van der Waals surface area contributed by atoms with Crippen LogP contribution < -0.4 is 4.74 Å². The van der Waals surface area contributed by atoms with Gasteiger partial charge in [-0.05, 0) is 87.0 Å². The fourth-order valence-corrected chi connectivity index (χ4v) is 9.36. The molecule has 1 saturated heterocycles. The summed E-state index contributed by atoms with van der Waals surface area (Å²) in [6.45, 7) is 7.06. The lowest BCUT2D eigenvalue weighted by molar-refractivity contribution is -0.174. The molecule has 2 heterocycles. The molecule has 244 valence electrons. The van der Waals surface area contributed by atoms with Crippen LogP contribution in [-0.2, 0) is 23.0 Å². The molecule has 0 radical (unpaired) electrons. The van der Waals surface area contributed by atoms with Crippen molar-refractivity contribution in [1.29, 1.82) is 0 Å². The molecule has 2 aliphatic heterocycles. The summed E-state index contributed by atoms with van der Waals surface area (Å²) in [6, 6.07) is 4.96. The van der Waals surface area contributed by atoms with Crippen LogP contribution in [0.1, 0.15) is 139 Å². The Morgan fingerprint density at radius 3 is 2.20 bits per heavy atom. The van der Waals surface area contributed by atoms with Crippen molar-refractivity contribution in [2.45, 2.75) is 158 Å². The fraction of sp³-hybridized carbons (Fsp3) is 0.763. The van der Waals surface area contributed by atoms with E-state index in [9.17, 15) is 9.90 Å². The molecule has 2 bridgehead atoms. The summed E-state index contributed by atoms with van der Waals surface area (Å²) in [7, 11) is 0. The molecule has 3 aliphatic carbocycles. The Kier molecular flexibility index (Phi) is 10.3. The van der Waals surface area contributed by atoms with Crippen LogP contribution >= 0.6 is 0 Å². The van der Waals surface area contributed by atoms with Gasteiger partial charge in [0.25, 0.3) is 0 Å². The first kappa shape index (κ1) is 31.9. The largest absolute Gasteiger partial charge is 0.505 e. The van der Waals surface area contributed by atoms with E-state index in [1.54, 1.807) is 0 Å². The molecule has 6 heteroatoms. The number of unbranched alkanes of at least 4 members (excludes halogenated alkanes) is 13. The molecular formula is C38H57NO5. The smallest absolute Gasteiger partial charge is 0.484 e. The Morgan fingerprint density at radius 2 is 1.57 bits per heavy atom. The van der Waals surface area contributed by atoms with Gasteiger partial charge in [-0.15, -0.1) is 0 Å². The van der Waals surface area contributed by atoms with Crippen molar-refractivity contribution in [3.05, 3.63) is 41.0 Å². The van der Waals surface area contributed by atoms with Crippen LogP contribution in [0.15, 0.2) is 24.3 Å². The predicted octanol–water partition coefficient (Wildman–Crippen LogP) is 8.51. The molecule has 2 saturated carbocycles. The van der Waals surface area contributed by atoms with Crippen molar-refractivity contribution >= 4 is 6.16 Å². The second kappa shape index (κ2) is 14.2. The Bertz CT molecular complexity index is 1160. The van der Waals surface area contributed by atoms with Crippen LogP contribution in [0.25, 0.3) is 0 Å². The van der Waals surface area contributed by atoms with Crippen molar-refractivity contribution < 1.29 is 24.5 Å². The highest BCUT2D eigenvalue weighted by molar-refractivity contribution is 5.62. The van der Waals surface area contributed by atoms with Crippen molar-refractivity contribution in [3.63, 3.8) is 0 Å². The maximum Gasteiger partial charge on any atom is 0.505 e. The molecule has 0 aromatic heterocycles. The molecule has 1 aromatic carbocycles. The summed E-state index contributed by atoms with van der Waals surface area (Å²) in [5.74, 6) is 1.96. The predicted molar refractivity (Wildman–Crippen MR) is 175 cm³/mol. The minimum Gasteiger partial charge on any atom is -0.484 e. The lowest BCUT2D eigenvalue weighted by Gasteiger charge is -2.63. The van der Waals surface area contributed by atoms with Crippen molar-refractivity contribution in [3.8, 4) is 5.75 Å². The molecule has 1 aromatic rings. The Labute approximate surface area is 265 Å². The second-order valence-electron chi connectivity index (χ2n) is 14.9. The Balaban J connectivity index is 0.912. The Morgan fingerprint density at radius 1 is 0.932 bits per heavy atom. The molecule has 4 atom stereocenters. The van der Waals surface area contributed by atoms with E-state index in [1.807, 2.05) is 0 Å². The van der Waals surface area contributed by atoms with E-state index in [2.05, 4.69) is 28.3 Å². The van der Waals surface area contributed by atoms with Gasteiger partial charge < -0.3 is 19.7 Å². The number of rotatable bonds is 19. The summed E-state index contributed by atoms with van der Waals surface area (Å²) in [5.41, 5.74) is 4.35. The van der Waals surface area contributed by atoms with Gasteiger partial charge in [0, 0.05) is 18.2 Å². The number of aliphatic hydroxyl groups is 1. The molecule has 0 amide bonds. The normalized spacial score (nSPS) is 28.5. The molecule has 1 unspecified atom stereocenters. The molecule has 6 rings (SSSR count). The monoisotopic (exact) mass is 607 g/mol. The van der Waals surface area contributed by atoms with Crippen LogP contribution in [0.3, 0.4) is 0 Å². The van der Waals surface area contributed by atoms with E-state index < -0.39 is 11.8 Å². The van der Waals surface area contributed by atoms with E-state index in [-0.39, 0.29) is 17.6 Å².